The molecule has 2 rings (SSSR count). The van der Waals surface area contributed by atoms with Crippen LogP contribution in [0.2, 0.25) is 0 Å². The van der Waals surface area contributed by atoms with Crippen molar-refractivity contribution in [3.63, 3.8) is 0 Å². The molecule has 1 fully saturated rings. The lowest BCUT2D eigenvalue weighted by Crippen LogP contribution is -2.45. The summed E-state index contributed by atoms with van der Waals surface area (Å²) < 4.78 is 41.3. The molecule has 0 saturated carbocycles. The molecule has 0 bridgehead atoms. The van der Waals surface area contributed by atoms with Crippen molar-refractivity contribution < 1.29 is 17.9 Å². The van der Waals surface area contributed by atoms with Crippen molar-refractivity contribution in [2.75, 3.05) is 57.1 Å². The van der Waals surface area contributed by atoms with Crippen molar-refractivity contribution in [1.82, 2.24) is 9.88 Å². The molecule has 0 aliphatic carbocycles. The van der Waals surface area contributed by atoms with Crippen LogP contribution in [0, 0.1) is 0 Å². The summed E-state index contributed by atoms with van der Waals surface area (Å²) in [7, 11) is 3.79. The van der Waals surface area contributed by atoms with Crippen LogP contribution in [0.15, 0.2) is 12.1 Å². The van der Waals surface area contributed by atoms with Crippen molar-refractivity contribution in [3.05, 3.63) is 12.1 Å². The molecule has 0 amide bonds. The molecular formula is C13H19F3N4O. The van der Waals surface area contributed by atoms with Gasteiger partial charge in [0.05, 0.1) is 5.69 Å². The number of rotatable bonds is 4. The van der Waals surface area contributed by atoms with Crippen LogP contribution in [-0.4, -0.2) is 62.9 Å². The van der Waals surface area contributed by atoms with Crippen LogP contribution in [0.4, 0.5) is 24.7 Å². The lowest BCUT2D eigenvalue weighted by atomic mass is 10.3. The van der Waals surface area contributed by atoms with Gasteiger partial charge in [-0.3, -0.25) is 0 Å². The number of ether oxygens (including phenoxy) is 1. The molecule has 0 spiro atoms. The summed E-state index contributed by atoms with van der Waals surface area (Å²) in [6.07, 6.45) is -4.36. The quantitative estimate of drug-likeness (QED) is 0.919. The molecule has 1 aliphatic heterocycles. The summed E-state index contributed by atoms with van der Waals surface area (Å²) in [6, 6.07) is 3.13. The minimum absolute atomic E-state index is 0.0137. The predicted octanol–water partition coefficient (Wildman–Crippen LogP) is 1.82. The summed E-state index contributed by atoms with van der Waals surface area (Å²) in [5.41, 5.74) is 0.777. The Balaban J connectivity index is 2.14. The van der Waals surface area contributed by atoms with E-state index in [0.29, 0.717) is 5.82 Å². The molecule has 1 aromatic rings. The van der Waals surface area contributed by atoms with E-state index < -0.39 is 12.8 Å². The number of pyridine rings is 1. The van der Waals surface area contributed by atoms with Gasteiger partial charge in [0.1, 0.15) is 0 Å². The molecule has 5 nitrogen and oxygen atoms in total. The van der Waals surface area contributed by atoms with Crippen LogP contribution in [0.3, 0.4) is 0 Å². The fourth-order valence-electron chi connectivity index (χ4n) is 2.12. The minimum Gasteiger partial charge on any atom is -0.468 e. The smallest absolute Gasteiger partial charge is 0.422 e. The number of likely N-dealkylation sites (N-methyl/N-ethyl adjacent to an activating group) is 1. The number of hydrogen-bond acceptors (Lipinski definition) is 5. The monoisotopic (exact) mass is 304 g/mol. The molecule has 0 unspecified atom stereocenters. The first-order chi connectivity index (χ1) is 9.89. The van der Waals surface area contributed by atoms with Crippen molar-refractivity contribution in [2.45, 2.75) is 6.18 Å². The first-order valence-electron chi connectivity index (χ1n) is 6.71. The standard InChI is InChI=1S/C13H19F3N4O/c1-17-10-3-4-11(21-9-13(14,15)16)18-12(10)20-7-5-19(2)6-8-20/h3-4,17H,5-9H2,1-2H3. The maximum atomic E-state index is 12.2. The van der Waals surface area contributed by atoms with E-state index in [9.17, 15) is 13.2 Å². The Labute approximate surface area is 121 Å². The topological polar surface area (TPSA) is 40.6 Å². The van der Waals surface area contributed by atoms with E-state index >= 15 is 0 Å². The van der Waals surface area contributed by atoms with Crippen LogP contribution in [-0.2, 0) is 0 Å². The second-order valence-corrected chi connectivity index (χ2v) is 4.96. The van der Waals surface area contributed by atoms with Gasteiger partial charge in [0, 0.05) is 39.3 Å². The number of nitrogens with one attached hydrogen (secondary N) is 1. The van der Waals surface area contributed by atoms with Gasteiger partial charge in [0.2, 0.25) is 5.88 Å². The Bertz CT molecular complexity index is 473. The number of halogens is 3. The lowest BCUT2D eigenvalue weighted by molar-refractivity contribution is -0.154. The lowest BCUT2D eigenvalue weighted by Gasteiger charge is -2.34. The Kier molecular flexibility index (Phi) is 4.76. The third-order valence-electron chi connectivity index (χ3n) is 3.31. The van der Waals surface area contributed by atoms with Crippen LogP contribution in [0.1, 0.15) is 0 Å². The van der Waals surface area contributed by atoms with E-state index in [2.05, 4.69) is 15.2 Å². The SMILES string of the molecule is CNc1ccc(OCC(F)(F)F)nc1N1CCN(C)CC1. The molecule has 1 aromatic heterocycles. The maximum absolute atomic E-state index is 12.2. The fraction of sp³-hybridized carbons (Fsp3) is 0.615. The highest BCUT2D eigenvalue weighted by Crippen LogP contribution is 2.27. The van der Waals surface area contributed by atoms with E-state index in [1.54, 1.807) is 13.1 Å². The minimum atomic E-state index is -4.36. The van der Waals surface area contributed by atoms with E-state index in [4.69, 9.17) is 4.74 Å². The van der Waals surface area contributed by atoms with Crippen molar-refractivity contribution >= 4 is 11.5 Å². The summed E-state index contributed by atoms with van der Waals surface area (Å²) in [5, 5.41) is 3.01. The highest BCUT2D eigenvalue weighted by Gasteiger charge is 2.29. The van der Waals surface area contributed by atoms with E-state index in [0.717, 1.165) is 31.9 Å². The summed E-state index contributed by atoms with van der Waals surface area (Å²) >= 11 is 0. The predicted molar refractivity (Wildman–Crippen MR) is 75.0 cm³/mol. The molecule has 1 N–H and O–H groups in total. The van der Waals surface area contributed by atoms with Gasteiger partial charge < -0.3 is 19.9 Å². The number of alkyl halides is 3. The van der Waals surface area contributed by atoms with Crippen molar-refractivity contribution in [1.29, 1.82) is 0 Å². The van der Waals surface area contributed by atoms with Gasteiger partial charge >= 0.3 is 6.18 Å². The Hall–Kier alpha value is -1.70. The molecule has 0 radical (unpaired) electrons. The zero-order valence-corrected chi connectivity index (χ0v) is 12.1. The first kappa shape index (κ1) is 15.7. The second kappa shape index (κ2) is 6.38. The molecular weight excluding hydrogens is 285 g/mol. The summed E-state index contributed by atoms with van der Waals surface area (Å²) in [4.78, 5) is 8.46. The van der Waals surface area contributed by atoms with Crippen LogP contribution >= 0.6 is 0 Å². The number of hydrogen-bond donors (Lipinski definition) is 1. The average molecular weight is 304 g/mol. The zero-order valence-electron chi connectivity index (χ0n) is 12.1. The highest BCUT2D eigenvalue weighted by atomic mass is 19.4. The Morgan fingerprint density at radius 2 is 1.90 bits per heavy atom. The zero-order chi connectivity index (χ0) is 15.5. The number of aromatic nitrogens is 1. The third-order valence-corrected chi connectivity index (χ3v) is 3.31. The molecule has 0 aromatic carbocycles. The van der Waals surface area contributed by atoms with E-state index in [-0.39, 0.29) is 5.88 Å². The Morgan fingerprint density at radius 3 is 2.48 bits per heavy atom. The van der Waals surface area contributed by atoms with Gasteiger partial charge in [0.25, 0.3) is 0 Å². The molecule has 1 saturated heterocycles. The van der Waals surface area contributed by atoms with Gasteiger partial charge in [-0.1, -0.05) is 0 Å². The average Bonchev–Trinajstić information content (AvgIpc) is 2.45. The van der Waals surface area contributed by atoms with Gasteiger partial charge in [-0.2, -0.15) is 18.2 Å². The van der Waals surface area contributed by atoms with Crippen molar-refractivity contribution in [3.8, 4) is 5.88 Å². The largest absolute Gasteiger partial charge is 0.468 e. The number of nitrogens with zero attached hydrogens (tertiary/aromatic N) is 3. The van der Waals surface area contributed by atoms with Gasteiger partial charge in [-0.05, 0) is 13.1 Å². The molecule has 1 aliphatic rings. The normalized spacial score (nSPS) is 16.9. The van der Waals surface area contributed by atoms with Crippen LogP contribution in [0.5, 0.6) is 5.88 Å². The molecule has 21 heavy (non-hydrogen) atoms. The second-order valence-electron chi connectivity index (χ2n) is 4.96. The van der Waals surface area contributed by atoms with Gasteiger partial charge in [0.15, 0.2) is 12.4 Å². The number of piperazine rings is 1. The van der Waals surface area contributed by atoms with Gasteiger partial charge in [-0.15, -0.1) is 0 Å². The molecule has 2 heterocycles. The van der Waals surface area contributed by atoms with Crippen LogP contribution in [0.25, 0.3) is 0 Å². The number of anilines is 2. The van der Waals surface area contributed by atoms with Gasteiger partial charge in [-0.25, -0.2) is 0 Å². The first-order valence-corrected chi connectivity index (χ1v) is 6.71. The third kappa shape index (κ3) is 4.38. The maximum Gasteiger partial charge on any atom is 0.422 e. The highest BCUT2D eigenvalue weighted by molar-refractivity contribution is 5.66. The Morgan fingerprint density at radius 1 is 1.24 bits per heavy atom. The summed E-state index contributed by atoms with van der Waals surface area (Å²) in [5.74, 6) is 0.616. The molecule has 118 valence electrons. The van der Waals surface area contributed by atoms with E-state index in [1.165, 1.54) is 6.07 Å². The summed E-state index contributed by atoms with van der Waals surface area (Å²) in [6.45, 7) is 2.00. The van der Waals surface area contributed by atoms with Crippen molar-refractivity contribution in [2.24, 2.45) is 0 Å². The molecule has 8 heteroatoms. The van der Waals surface area contributed by atoms with E-state index in [1.807, 2.05) is 11.9 Å². The molecule has 0 atom stereocenters. The fourth-order valence-corrected chi connectivity index (χ4v) is 2.12. The van der Waals surface area contributed by atoms with Crippen LogP contribution < -0.4 is 15.0 Å².